The summed E-state index contributed by atoms with van der Waals surface area (Å²) in [5.41, 5.74) is 1.05. The molecular formula is C19H12O6. The van der Waals surface area contributed by atoms with Crippen LogP contribution in [0, 0.1) is 0 Å². The van der Waals surface area contributed by atoms with E-state index in [9.17, 15) is 25.2 Å². The van der Waals surface area contributed by atoms with Gasteiger partial charge in [0, 0.05) is 0 Å². The van der Waals surface area contributed by atoms with Crippen LogP contribution in [0.1, 0.15) is 0 Å². The topological polar surface area (TPSA) is 111 Å². The Balaban J connectivity index is 2.01. The molecule has 6 heteroatoms. The third-order valence-electron chi connectivity index (χ3n) is 4.08. The Labute approximate surface area is 140 Å². The van der Waals surface area contributed by atoms with Gasteiger partial charge in [-0.15, -0.1) is 0 Å². The van der Waals surface area contributed by atoms with E-state index >= 15 is 0 Å². The van der Waals surface area contributed by atoms with Crippen LogP contribution in [0.3, 0.4) is 0 Å². The molecule has 0 bridgehead atoms. The van der Waals surface area contributed by atoms with Crippen molar-refractivity contribution < 1.29 is 24.8 Å². The molecule has 124 valence electrons. The van der Waals surface area contributed by atoms with Crippen molar-refractivity contribution in [3.05, 3.63) is 58.8 Å². The Hall–Kier alpha value is -3.67. The molecule has 3 aromatic carbocycles. The minimum absolute atomic E-state index is 0.0913. The smallest absolute Gasteiger partial charge is 0.200 e. The summed E-state index contributed by atoms with van der Waals surface area (Å²) in [5, 5.41) is 39.3. The van der Waals surface area contributed by atoms with Crippen molar-refractivity contribution in [1.82, 2.24) is 0 Å². The molecule has 0 saturated heterocycles. The first kappa shape index (κ1) is 14.9. The van der Waals surface area contributed by atoms with Crippen LogP contribution in [-0.2, 0) is 0 Å². The van der Waals surface area contributed by atoms with E-state index in [4.69, 9.17) is 4.42 Å². The van der Waals surface area contributed by atoms with Gasteiger partial charge in [0.1, 0.15) is 5.58 Å². The molecule has 25 heavy (non-hydrogen) atoms. The van der Waals surface area contributed by atoms with Crippen LogP contribution in [0.4, 0.5) is 0 Å². The zero-order chi connectivity index (χ0) is 17.7. The molecule has 0 fully saturated rings. The van der Waals surface area contributed by atoms with Crippen molar-refractivity contribution in [2.24, 2.45) is 0 Å². The minimum atomic E-state index is -0.605. The predicted molar refractivity (Wildman–Crippen MR) is 92.1 cm³/mol. The number of fused-ring (bicyclic) bond motifs is 2. The number of hydrogen-bond donors (Lipinski definition) is 4. The summed E-state index contributed by atoms with van der Waals surface area (Å²) < 4.78 is 5.68. The lowest BCUT2D eigenvalue weighted by atomic mass is 10.0. The highest BCUT2D eigenvalue weighted by molar-refractivity contribution is 5.94. The summed E-state index contributed by atoms with van der Waals surface area (Å²) in [6.45, 7) is 0. The Morgan fingerprint density at radius 1 is 0.720 bits per heavy atom. The monoisotopic (exact) mass is 336 g/mol. The molecule has 6 nitrogen and oxygen atoms in total. The van der Waals surface area contributed by atoms with Crippen LogP contribution >= 0.6 is 0 Å². The number of phenolic OH excluding ortho intramolecular Hbond substituents is 4. The van der Waals surface area contributed by atoms with Crippen molar-refractivity contribution >= 4 is 21.9 Å². The maximum atomic E-state index is 12.6. The first-order chi connectivity index (χ1) is 12.0. The molecule has 4 rings (SSSR count). The first-order valence-electron chi connectivity index (χ1n) is 7.39. The van der Waals surface area contributed by atoms with E-state index in [-0.39, 0.29) is 27.7 Å². The third-order valence-corrected chi connectivity index (χ3v) is 4.08. The van der Waals surface area contributed by atoms with E-state index in [1.54, 1.807) is 30.3 Å². The fraction of sp³-hybridized carbons (Fsp3) is 0. The van der Waals surface area contributed by atoms with Gasteiger partial charge in [-0.2, -0.15) is 0 Å². The van der Waals surface area contributed by atoms with E-state index in [1.807, 2.05) is 0 Å². The summed E-state index contributed by atoms with van der Waals surface area (Å²) in [6.07, 6.45) is 0. The highest BCUT2D eigenvalue weighted by Gasteiger charge is 2.13. The zero-order valence-electron chi connectivity index (χ0n) is 12.7. The molecule has 0 amide bonds. The maximum absolute atomic E-state index is 12.6. The van der Waals surface area contributed by atoms with Gasteiger partial charge < -0.3 is 24.8 Å². The molecule has 0 radical (unpaired) electrons. The molecule has 1 heterocycles. The van der Waals surface area contributed by atoms with E-state index in [0.717, 1.165) is 0 Å². The summed E-state index contributed by atoms with van der Waals surface area (Å²) in [6, 6.07) is 11.9. The largest absolute Gasteiger partial charge is 0.504 e. The molecule has 4 aromatic rings. The van der Waals surface area contributed by atoms with Gasteiger partial charge in [0.05, 0.1) is 10.8 Å². The van der Waals surface area contributed by atoms with Crippen LogP contribution in [0.25, 0.3) is 33.1 Å². The second-order valence-electron chi connectivity index (χ2n) is 5.66. The lowest BCUT2D eigenvalue weighted by Crippen LogP contribution is -2.02. The number of phenols is 4. The van der Waals surface area contributed by atoms with Gasteiger partial charge in [0.15, 0.2) is 28.6 Å². The fourth-order valence-corrected chi connectivity index (χ4v) is 2.81. The molecule has 0 aliphatic carbocycles. The Kier molecular flexibility index (Phi) is 3.08. The number of para-hydroxylation sites is 1. The fourth-order valence-electron chi connectivity index (χ4n) is 2.81. The van der Waals surface area contributed by atoms with E-state index in [2.05, 4.69) is 0 Å². The van der Waals surface area contributed by atoms with Crippen LogP contribution < -0.4 is 5.43 Å². The zero-order valence-corrected chi connectivity index (χ0v) is 12.7. The number of hydrogen-bond acceptors (Lipinski definition) is 6. The molecule has 4 N–H and O–H groups in total. The SMILES string of the molecule is O=c1c2ccc(-c3cc(O)c(O)c(O)c3)cc2oc2c(O)cccc12. The maximum Gasteiger partial charge on any atom is 0.200 e. The van der Waals surface area contributed by atoms with E-state index in [0.29, 0.717) is 16.5 Å². The minimum Gasteiger partial charge on any atom is -0.504 e. The van der Waals surface area contributed by atoms with Crippen molar-refractivity contribution in [3.8, 4) is 34.1 Å². The average Bonchev–Trinajstić information content (AvgIpc) is 2.60. The van der Waals surface area contributed by atoms with Crippen molar-refractivity contribution in [2.45, 2.75) is 0 Å². The summed E-state index contributed by atoms with van der Waals surface area (Å²) in [7, 11) is 0. The summed E-state index contributed by atoms with van der Waals surface area (Å²) in [5.74, 6) is -1.67. The normalized spacial score (nSPS) is 11.2. The van der Waals surface area contributed by atoms with Gasteiger partial charge in [-0.25, -0.2) is 0 Å². The van der Waals surface area contributed by atoms with Gasteiger partial charge in [-0.3, -0.25) is 4.79 Å². The van der Waals surface area contributed by atoms with Crippen LogP contribution in [0.2, 0.25) is 0 Å². The Morgan fingerprint density at radius 3 is 2.16 bits per heavy atom. The molecule has 0 atom stereocenters. The van der Waals surface area contributed by atoms with Crippen molar-refractivity contribution in [2.75, 3.05) is 0 Å². The molecular weight excluding hydrogens is 324 g/mol. The van der Waals surface area contributed by atoms with Crippen LogP contribution in [-0.4, -0.2) is 20.4 Å². The van der Waals surface area contributed by atoms with Gasteiger partial charge in [-0.1, -0.05) is 12.1 Å². The van der Waals surface area contributed by atoms with Crippen LogP contribution in [0.15, 0.2) is 57.7 Å². The number of benzene rings is 3. The third kappa shape index (κ3) is 2.23. The first-order valence-corrected chi connectivity index (χ1v) is 7.39. The average molecular weight is 336 g/mol. The van der Waals surface area contributed by atoms with Gasteiger partial charge >= 0.3 is 0 Å². The molecule has 1 aromatic heterocycles. The number of rotatable bonds is 1. The highest BCUT2D eigenvalue weighted by Crippen LogP contribution is 2.39. The Bertz CT molecular complexity index is 1180. The lowest BCUT2D eigenvalue weighted by molar-refractivity contribution is 0.368. The second kappa shape index (κ2) is 5.17. The quantitative estimate of drug-likeness (QED) is 0.313. The molecule has 0 saturated carbocycles. The molecule has 0 aliphatic rings. The highest BCUT2D eigenvalue weighted by atomic mass is 16.4. The molecule has 0 aliphatic heterocycles. The van der Waals surface area contributed by atoms with E-state index < -0.39 is 17.2 Å². The van der Waals surface area contributed by atoms with Gasteiger partial charge in [0.2, 0.25) is 5.43 Å². The lowest BCUT2D eigenvalue weighted by Gasteiger charge is -2.08. The molecule has 0 unspecified atom stereocenters. The van der Waals surface area contributed by atoms with Crippen molar-refractivity contribution in [3.63, 3.8) is 0 Å². The second-order valence-corrected chi connectivity index (χ2v) is 5.66. The standard InChI is InChI=1S/C19H12O6/c20-13-3-1-2-12-17(23)11-5-4-9(8-16(11)25-19(12)13)10-6-14(21)18(24)15(22)7-10/h1-8,20-22,24H. The van der Waals surface area contributed by atoms with Crippen LogP contribution in [0.5, 0.6) is 23.0 Å². The summed E-state index contributed by atoms with van der Waals surface area (Å²) >= 11 is 0. The van der Waals surface area contributed by atoms with Gasteiger partial charge in [-0.05, 0) is 47.5 Å². The van der Waals surface area contributed by atoms with Crippen molar-refractivity contribution in [1.29, 1.82) is 0 Å². The van der Waals surface area contributed by atoms with Gasteiger partial charge in [0.25, 0.3) is 0 Å². The predicted octanol–water partition coefficient (Wildman–Crippen LogP) is 3.44. The number of aromatic hydroxyl groups is 4. The molecule has 0 spiro atoms. The summed E-state index contributed by atoms with van der Waals surface area (Å²) in [4.78, 5) is 12.6. The van der Waals surface area contributed by atoms with E-state index in [1.165, 1.54) is 18.2 Å². The Morgan fingerprint density at radius 2 is 1.44 bits per heavy atom.